The highest BCUT2D eigenvalue weighted by Crippen LogP contribution is 2.23. The van der Waals surface area contributed by atoms with Gasteiger partial charge in [-0.1, -0.05) is 29.5 Å². The van der Waals surface area contributed by atoms with E-state index in [1.165, 1.54) is 4.90 Å². The first-order valence-corrected chi connectivity index (χ1v) is 8.73. The Morgan fingerprint density at radius 3 is 2.66 bits per heavy atom. The number of hydrogen-bond acceptors (Lipinski definition) is 3. The zero-order chi connectivity index (χ0) is 21.0. The maximum atomic E-state index is 13.3. The molecule has 0 fully saturated rings. The Morgan fingerprint density at radius 1 is 1.24 bits per heavy atom. The third-order valence-electron chi connectivity index (χ3n) is 4.30. The van der Waals surface area contributed by atoms with Crippen molar-refractivity contribution in [2.24, 2.45) is 0 Å². The molecule has 0 unspecified atom stereocenters. The minimum Gasteiger partial charge on any atom is -0.331 e. The van der Waals surface area contributed by atoms with Gasteiger partial charge in [-0.05, 0) is 30.7 Å². The fraction of sp³-hybridized carbons (Fsp3) is 0.190. The van der Waals surface area contributed by atoms with Crippen LogP contribution < -0.4 is 10.6 Å². The summed E-state index contributed by atoms with van der Waals surface area (Å²) in [5.41, 5.74) is 2.47. The van der Waals surface area contributed by atoms with Crippen LogP contribution in [0.4, 0.5) is 13.6 Å². The van der Waals surface area contributed by atoms with Crippen molar-refractivity contribution >= 4 is 18.3 Å². The topological polar surface area (TPSA) is 78.5 Å². The van der Waals surface area contributed by atoms with Gasteiger partial charge in [-0.25, -0.2) is 13.6 Å². The first kappa shape index (κ1) is 20.0. The molecule has 1 aliphatic rings. The van der Waals surface area contributed by atoms with Crippen LogP contribution in [0.3, 0.4) is 0 Å². The number of amides is 4. The Kier molecular flexibility index (Phi) is 5.88. The van der Waals surface area contributed by atoms with Crippen LogP contribution in [0.1, 0.15) is 27.0 Å². The second-order valence-electron chi connectivity index (χ2n) is 6.56. The zero-order valence-corrected chi connectivity index (χ0v) is 15.5. The Labute approximate surface area is 165 Å². The van der Waals surface area contributed by atoms with E-state index in [0.717, 1.165) is 29.3 Å². The molecule has 2 aromatic rings. The number of hydrogen-bond donors (Lipinski definition) is 2. The van der Waals surface area contributed by atoms with Gasteiger partial charge in [0, 0.05) is 23.7 Å². The summed E-state index contributed by atoms with van der Waals surface area (Å²) in [4.78, 5) is 36.4. The van der Waals surface area contributed by atoms with Crippen LogP contribution >= 0.6 is 0 Å². The molecule has 0 saturated carbocycles. The Morgan fingerprint density at radius 2 is 1.97 bits per heavy atom. The summed E-state index contributed by atoms with van der Waals surface area (Å²) in [6, 6.07) is 6.72. The van der Waals surface area contributed by atoms with E-state index in [4.69, 9.17) is 0 Å². The van der Waals surface area contributed by atoms with Crippen LogP contribution in [-0.4, -0.2) is 35.8 Å². The molecule has 29 heavy (non-hydrogen) atoms. The second-order valence-corrected chi connectivity index (χ2v) is 6.56. The summed E-state index contributed by atoms with van der Waals surface area (Å²) in [5, 5.41) is 4.40. The Bertz CT molecular complexity index is 1020. The van der Waals surface area contributed by atoms with Gasteiger partial charge in [0.1, 0.15) is 17.7 Å². The molecule has 2 aromatic carbocycles. The third kappa shape index (κ3) is 4.96. The molecule has 2 N–H and O–H groups in total. The predicted molar refractivity (Wildman–Crippen MR) is 101 cm³/mol. The monoisotopic (exact) mass is 397 g/mol. The van der Waals surface area contributed by atoms with Crippen molar-refractivity contribution in [3.63, 3.8) is 0 Å². The van der Waals surface area contributed by atoms with Gasteiger partial charge in [-0.2, -0.15) is 0 Å². The van der Waals surface area contributed by atoms with E-state index in [9.17, 15) is 23.2 Å². The molecule has 1 atom stereocenters. The summed E-state index contributed by atoms with van der Waals surface area (Å²) in [5.74, 6) is 3.53. The first-order chi connectivity index (χ1) is 13.9. The summed E-state index contributed by atoms with van der Waals surface area (Å²) < 4.78 is 26.7. The van der Waals surface area contributed by atoms with E-state index in [1.807, 2.05) is 24.4 Å². The quantitative estimate of drug-likeness (QED) is 0.613. The number of carbonyl (C=O) groups is 3. The first-order valence-electron chi connectivity index (χ1n) is 8.73. The van der Waals surface area contributed by atoms with Crippen LogP contribution in [0.25, 0.3) is 0 Å². The Hall–Kier alpha value is -3.73. The molecule has 0 spiro atoms. The maximum absolute atomic E-state index is 13.3. The van der Waals surface area contributed by atoms with Gasteiger partial charge in [-0.15, -0.1) is 0 Å². The van der Waals surface area contributed by atoms with Gasteiger partial charge < -0.3 is 10.2 Å². The number of carbonyl (C=O) groups excluding carboxylic acids is 3. The third-order valence-corrected chi connectivity index (χ3v) is 4.30. The van der Waals surface area contributed by atoms with Crippen molar-refractivity contribution in [1.29, 1.82) is 0 Å². The number of imide groups is 1. The van der Waals surface area contributed by atoms with Gasteiger partial charge in [0.15, 0.2) is 0 Å². The highest BCUT2D eigenvalue weighted by molar-refractivity contribution is 5.98. The van der Waals surface area contributed by atoms with Crippen LogP contribution in [0.2, 0.25) is 0 Å². The second kappa shape index (κ2) is 8.52. The lowest BCUT2D eigenvalue weighted by Crippen LogP contribution is -2.46. The summed E-state index contributed by atoms with van der Waals surface area (Å²) in [7, 11) is 0. The molecule has 4 amide bonds. The molecule has 0 aromatic heterocycles. The summed E-state index contributed by atoms with van der Waals surface area (Å²) >= 11 is 0. The minimum absolute atomic E-state index is 0.0314. The van der Waals surface area contributed by atoms with Crippen molar-refractivity contribution in [1.82, 2.24) is 15.5 Å². The van der Waals surface area contributed by atoms with E-state index in [2.05, 4.69) is 17.2 Å². The zero-order valence-electron chi connectivity index (χ0n) is 15.5. The number of halogens is 2. The number of rotatable bonds is 4. The van der Waals surface area contributed by atoms with Gasteiger partial charge in [-0.3, -0.25) is 14.9 Å². The minimum atomic E-state index is -0.874. The summed E-state index contributed by atoms with van der Waals surface area (Å²) in [6.45, 7) is 2.26. The highest BCUT2D eigenvalue weighted by atomic mass is 19.1. The number of urea groups is 1. The fourth-order valence-corrected chi connectivity index (χ4v) is 3.02. The molecule has 8 heteroatoms. The molecule has 0 bridgehead atoms. The average molecular weight is 397 g/mol. The molecule has 0 radical (unpaired) electrons. The van der Waals surface area contributed by atoms with Crippen molar-refractivity contribution in [2.75, 3.05) is 6.54 Å². The molecular weight excluding hydrogens is 380 g/mol. The molecule has 1 aliphatic heterocycles. The standard InChI is InChI=1S/C21H17F2N3O3/c1-13-2-4-15-10-26(20(28)19(15)6-13)11-18(25-21(29)24-12-27)5-3-14-7-16(22)9-17(23)8-14/h2,4,6-9,12,18H,10-11H2,1H3,(H2,24,25,27,29)/t18-/m1/s1. The van der Waals surface area contributed by atoms with Crippen molar-refractivity contribution < 1.29 is 23.2 Å². The summed E-state index contributed by atoms with van der Waals surface area (Å²) in [6.07, 6.45) is 0.210. The normalized spacial score (nSPS) is 13.2. The van der Waals surface area contributed by atoms with Crippen molar-refractivity contribution in [3.05, 3.63) is 70.3 Å². The molecule has 1 heterocycles. The number of nitrogens with one attached hydrogen (secondary N) is 2. The lowest BCUT2D eigenvalue weighted by Gasteiger charge is -2.21. The van der Waals surface area contributed by atoms with Crippen molar-refractivity contribution in [2.45, 2.75) is 19.5 Å². The van der Waals surface area contributed by atoms with Gasteiger partial charge in [0.25, 0.3) is 5.91 Å². The number of nitrogens with zero attached hydrogens (tertiary/aromatic N) is 1. The SMILES string of the molecule is Cc1ccc2c(c1)C(=O)N(C[C@@H](C#Cc1cc(F)cc(F)c1)NC(=O)NC=O)C2. The highest BCUT2D eigenvalue weighted by Gasteiger charge is 2.29. The molecular formula is C21H17F2N3O3. The maximum Gasteiger partial charge on any atom is 0.322 e. The molecule has 6 nitrogen and oxygen atoms in total. The molecule has 0 saturated heterocycles. The molecule has 0 aliphatic carbocycles. The van der Waals surface area contributed by atoms with Crippen molar-refractivity contribution in [3.8, 4) is 11.8 Å². The molecule has 148 valence electrons. The lowest BCUT2D eigenvalue weighted by atomic mass is 10.1. The van der Waals surface area contributed by atoms with Gasteiger partial charge in [0.05, 0.1) is 6.54 Å². The van der Waals surface area contributed by atoms with E-state index < -0.39 is 23.7 Å². The average Bonchev–Trinajstić information content (AvgIpc) is 2.94. The van der Waals surface area contributed by atoms with Gasteiger partial charge in [0.2, 0.25) is 6.41 Å². The number of fused-ring (bicyclic) bond motifs is 1. The predicted octanol–water partition coefficient (Wildman–Crippen LogP) is 2.10. The van der Waals surface area contributed by atoms with Crippen LogP contribution in [-0.2, 0) is 11.3 Å². The lowest BCUT2D eigenvalue weighted by molar-refractivity contribution is -0.108. The van der Waals surface area contributed by atoms with Gasteiger partial charge >= 0.3 is 6.03 Å². The molecule has 3 rings (SSSR count). The smallest absolute Gasteiger partial charge is 0.322 e. The fourth-order valence-electron chi connectivity index (χ4n) is 3.02. The van der Waals surface area contributed by atoms with E-state index >= 15 is 0 Å². The largest absolute Gasteiger partial charge is 0.331 e. The van der Waals surface area contributed by atoms with Crippen LogP contribution in [0.5, 0.6) is 0 Å². The van der Waals surface area contributed by atoms with E-state index in [1.54, 1.807) is 6.07 Å². The number of benzene rings is 2. The van der Waals surface area contributed by atoms with Crippen LogP contribution in [0.15, 0.2) is 36.4 Å². The number of aryl methyl sites for hydroxylation is 1. The van der Waals surface area contributed by atoms with E-state index in [0.29, 0.717) is 12.1 Å². The Balaban J connectivity index is 1.81. The van der Waals surface area contributed by atoms with E-state index in [-0.39, 0.29) is 24.4 Å². The van der Waals surface area contributed by atoms with Crippen LogP contribution in [0, 0.1) is 30.4 Å².